The molecule has 1 aliphatic heterocycles. The number of hydrogen-bond acceptors (Lipinski definition) is 6. The van der Waals surface area contributed by atoms with Gasteiger partial charge in [-0.25, -0.2) is 0 Å². The van der Waals surface area contributed by atoms with Crippen LogP contribution in [-0.4, -0.2) is 83.2 Å². The Labute approximate surface area is 153 Å². The Morgan fingerprint density at radius 1 is 0.609 bits per heavy atom. The molecule has 0 saturated carbocycles. The summed E-state index contributed by atoms with van der Waals surface area (Å²) in [6.07, 6.45) is 3.55. The molecule has 0 aromatic rings. The lowest BCUT2D eigenvalue weighted by molar-refractivity contribution is -0.0627. The van der Waals surface area contributed by atoms with E-state index in [1.807, 2.05) is 0 Å². The van der Waals surface area contributed by atoms with E-state index >= 15 is 0 Å². The molecule has 0 bridgehead atoms. The molecule has 0 amide bonds. The summed E-state index contributed by atoms with van der Waals surface area (Å²) in [4.78, 5) is 0. The van der Waals surface area contributed by atoms with Gasteiger partial charge < -0.3 is 28.4 Å². The number of ether oxygens (including phenoxy) is 6. The molecule has 1 saturated heterocycles. The van der Waals surface area contributed by atoms with Crippen LogP contribution in [0.25, 0.3) is 0 Å². The minimum atomic E-state index is 0.139. The van der Waals surface area contributed by atoms with E-state index in [1.165, 1.54) is 17.3 Å². The smallest absolute Gasteiger partial charge is 0.0809 e. The highest BCUT2D eigenvalue weighted by atomic mass is 127. The van der Waals surface area contributed by atoms with Gasteiger partial charge in [-0.2, -0.15) is 0 Å². The Bertz CT molecular complexity index is 227. The fourth-order valence-corrected chi connectivity index (χ4v) is 2.59. The van der Waals surface area contributed by atoms with Crippen LogP contribution >= 0.6 is 22.6 Å². The summed E-state index contributed by atoms with van der Waals surface area (Å²) in [7, 11) is 0. The molecule has 1 aliphatic rings. The molecule has 138 valence electrons. The van der Waals surface area contributed by atoms with Gasteiger partial charge in [0.05, 0.1) is 78.8 Å². The van der Waals surface area contributed by atoms with Crippen molar-refractivity contribution in [2.75, 3.05) is 77.1 Å². The Morgan fingerprint density at radius 2 is 1.09 bits per heavy atom. The van der Waals surface area contributed by atoms with Crippen LogP contribution in [-0.2, 0) is 28.4 Å². The molecule has 0 N–H and O–H groups in total. The molecule has 0 aromatic carbocycles. The number of alkyl halides is 1. The summed E-state index contributed by atoms with van der Waals surface area (Å²) in [5.41, 5.74) is 0. The van der Waals surface area contributed by atoms with Crippen molar-refractivity contribution in [3.05, 3.63) is 0 Å². The van der Waals surface area contributed by atoms with E-state index in [0.29, 0.717) is 72.7 Å². The van der Waals surface area contributed by atoms with Gasteiger partial charge in [0, 0.05) is 0 Å². The first-order valence-corrected chi connectivity index (χ1v) is 10.0. The maximum Gasteiger partial charge on any atom is 0.0809 e. The minimum Gasteiger partial charge on any atom is -0.377 e. The standard InChI is InChI=1S/C16H31IO6/c17-4-2-1-3-16-15-22-12-11-20-8-7-18-5-6-19-9-10-21-13-14-23-16/h16H,1-15H2. The maximum absolute atomic E-state index is 5.88. The zero-order chi connectivity index (χ0) is 16.4. The Morgan fingerprint density at radius 3 is 1.61 bits per heavy atom. The van der Waals surface area contributed by atoms with Crippen LogP contribution in [0.2, 0.25) is 0 Å². The third-order valence-corrected chi connectivity index (χ3v) is 4.05. The average molecular weight is 446 g/mol. The van der Waals surface area contributed by atoms with Gasteiger partial charge in [0.25, 0.3) is 0 Å². The molecular weight excluding hydrogens is 415 g/mol. The van der Waals surface area contributed by atoms with Crippen LogP contribution in [0.1, 0.15) is 19.3 Å². The van der Waals surface area contributed by atoms with Crippen molar-refractivity contribution in [2.24, 2.45) is 0 Å². The van der Waals surface area contributed by atoms with E-state index in [1.54, 1.807) is 0 Å². The monoisotopic (exact) mass is 446 g/mol. The fourth-order valence-electron chi connectivity index (χ4n) is 2.05. The van der Waals surface area contributed by atoms with Crippen LogP contribution in [0, 0.1) is 0 Å². The van der Waals surface area contributed by atoms with Gasteiger partial charge in [-0.3, -0.25) is 0 Å². The van der Waals surface area contributed by atoms with Gasteiger partial charge in [-0.1, -0.05) is 29.0 Å². The molecule has 0 radical (unpaired) electrons. The Hall–Kier alpha value is 0.490. The highest BCUT2D eigenvalue weighted by Crippen LogP contribution is 2.07. The molecule has 6 nitrogen and oxygen atoms in total. The Kier molecular flexibility index (Phi) is 16.2. The molecule has 1 rings (SSSR count). The summed E-state index contributed by atoms with van der Waals surface area (Å²) >= 11 is 2.41. The van der Waals surface area contributed by atoms with Gasteiger partial charge in [0.15, 0.2) is 0 Å². The largest absolute Gasteiger partial charge is 0.377 e. The summed E-state index contributed by atoms with van der Waals surface area (Å²) in [6.45, 7) is 6.49. The van der Waals surface area contributed by atoms with Gasteiger partial charge in [0.1, 0.15) is 0 Å². The highest BCUT2D eigenvalue weighted by molar-refractivity contribution is 14.1. The Balaban J connectivity index is 2.21. The SMILES string of the molecule is ICCCCC1COCCOCCOCCOCCOCCO1. The second-order valence-corrected chi connectivity index (χ2v) is 6.28. The van der Waals surface area contributed by atoms with Crippen molar-refractivity contribution in [3.63, 3.8) is 0 Å². The van der Waals surface area contributed by atoms with Crippen molar-refractivity contribution in [1.82, 2.24) is 0 Å². The maximum atomic E-state index is 5.88. The molecule has 23 heavy (non-hydrogen) atoms. The average Bonchev–Trinajstić information content (AvgIpc) is 2.56. The van der Waals surface area contributed by atoms with Crippen LogP contribution in [0.5, 0.6) is 0 Å². The third kappa shape index (κ3) is 14.5. The molecular formula is C16H31IO6. The first-order valence-electron chi connectivity index (χ1n) is 8.49. The lowest BCUT2D eigenvalue weighted by atomic mass is 10.2. The molecule has 7 heteroatoms. The predicted octanol–water partition coefficient (Wildman–Crippen LogP) is 2.07. The molecule has 1 fully saturated rings. The lowest BCUT2D eigenvalue weighted by Crippen LogP contribution is -2.24. The molecule has 0 aromatic heterocycles. The van der Waals surface area contributed by atoms with E-state index in [4.69, 9.17) is 28.4 Å². The van der Waals surface area contributed by atoms with Crippen LogP contribution < -0.4 is 0 Å². The van der Waals surface area contributed by atoms with Gasteiger partial charge in [-0.05, 0) is 17.3 Å². The quantitative estimate of drug-likeness (QED) is 0.375. The van der Waals surface area contributed by atoms with Gasteiger partial charge in [0.2, 0.25) is 0 Å². The summed E-state index contributed by atoms with van der Waals surface area (Å²) in [6, 6.07) is 0. The predicted molar refractivity (Wildman–Crippen MR) is 96.6 cm³/mol. The topological polar surface area (TPSA) is 55.4 Å². The molecule has 1 atom stereocenters. The van der Waals surface area contributed by atoms with Crippen molar-refractivity contribution in [1.29, 1.82) is 0 Å². The molecule has 1 unspecified atom stereocenters. The minimum absolute atomic E-state index is 0.139. The van der Waals surface area contributed by atoms with Crippen molar-refractivity contribution >= 4 is 22.6 Å². The number of halogens is 1. The second kappa shape index (κ2) is 17.3. The van der Waals surface area contributed by atoms with Gasteiger partial charge in [-0.15, -0.1) is 0 Å². The molecule has 0 spiro atoms. The first-order chi connectivity index (χ1) is 11.4. The summed E-state index contributed by atoms with van der Waals surface area (Å²) in [5, 5.41) is 0. The van der Waals surface area contributed by atoms with Crippen molar-refractivity contribution in [2.45, 2.75) is 25.4 Å². The third-order valence-electron chi connectivity index (χ3n) is 3.28. The zero-order valence-electron chi connectivity index (χ0n) is 14.0. The normalized spacial score (nSPS) is 24.7. The van der Waals surface area contributed by atoms with Crippen LogP contribution in [0.4, 0.5) is 0 Å². The number of rotatable bonds is 4. The van der Waals surface area contributed by atoms with E-state index < -0.39 is 0 Å². The van der Waals surface area contributed by atoms with Gasteiger partial charge >= 0.3 is 0 Å². The number of unbranched alkanes of at least 4 members (excludes halogenated alkanes) is 1. The number of hydrogen-bond donors (Lipinski definition) is 0. The fraction of sp³-hybridized carbons (Fsp3) is 1.00. The summed E-state index contributed by atoms with van der Waals surface area (Å²) < 4.78 is 34.5. The van der Waals surface area contributed by atoms with E-state index in [-0.39, 0.29) is 6.10 Å². The summed E-state index contributed by atoms with van der Waals surface area (Å²) in [5.74, 6) is 0. The lowest BCUT2D eigenvalue weighted by Gasteiger charge is -2.18. The zero-order valence-corrected chi connectivity index (χ0v) is 16.2. The second-order valence-electron chi connectivity index (χ2n) is 5.20. The van der Waals surface area contributed by atoms with E-state index in [9.17, 15) is 0 Å². The van der Waals surface area contributed by atoms with E-state index in [2.05, 4.69) is 22.6 Å². The molecule has 1 heterocycles. The van der Waals surface area contributed by atoms with E-state index in [0.717, 1.165) is 6.42 Å². The van der Waals surface area contributed by atoms with Crippen LogP contribution in [0.15, 0.2) is 0 Å². The highest BCUT2D eigenvalue weighted by Gasteiger charge is 2.09. The first kappa shape index (κ1) is 21.5. The van der Waals surface area contributed by atoms with Crippen molar-refractivity contribution < 1.29 is 28.4 Å². The van der Waals surface area contributed by atoms with Crippen LogP contribution in [0.3, 0.4) is 0 Å². The van der Waals surface area contributed by atoms with Crippen molar-refractivity contribution in [3.8, 4) is 0 Å². The molecule has 0 aliphatic carbocycles.